The highest BCUT2D eigenvalue weighted by Crippen LogP contribution is 2.21. The average Bonchev–Trinajstić information content (AvgIpc) is 2.94. The molecule has 0 N–H and O–H groups in total. The first-order chi connectivity index (χ1) is 19.2. The standard InChI is InChI=1S/C29H34N2O8S/c1-23(32)31(30-33)18-27(37-20-25-14-8-4-9-15-25)29(38-21-26-16-10-5-11-17-26)28(39-40(2,34)35)22-36-19-24-12-6-3-7-13-24/h3-17,27-29H,18-22H2,1-2H3/t27-,28+,29+/m1/s1/i30+1. The van der Waals surface area contributed by atoms with E-state index in [1.165, 1.54) is 6.92 Å². The van der Waals surface area contributed by atoms with Gasteiger partial charge in [-0.2, -0.15) is 13.4 Å². The second kappa shape index (κ2) is 15.9. The van der Waals surface area contributed by atoms with Gasteiger partial charge in [-0.25, -0.2) is 0 Å². The minimum Gasteiger partial charge on any atom is -0.374 e. The smallest absolute Gasteiger partial charge is 0.264 e. The Bertz CT molecular complexity index is 1280. The number of ether oxygens (including phenoxy) is 3. The van der Waals surface area contributed by atoms with Gasteiger partial charge in [-0.05, 0) is 16.7 Å². The van der Waals surface area contributed by atoms with Gasteiger partial charge >= 0.3 is 0 Å². The van der Waals surface area contributed by atoms with Crippen molar-refractivity contribution < 1.29 is 31.6 Å². The molecule has 3 atom stereocenters. The summed E-state index contributed by atoms with van der Waals surface area (Å²) in [6.45, 7) is 1.09. The summed E-state index contributed by atoms with van der Waals surface area (Å²) in [4.78, 5) is 23.6. The summed E-state index contributed by atoms with van der Waals surface area (Å²) >= 11 is 0. The number of benzene rings is 3. The lowest BCUT2D eigenvalue weighted by Gasteiger charge is -2.34. The van der Waals surface area contributed by atoms with Crippen molar-refractivity contribution in [2.24, 2.45) is 5.29 Å². The summed E-state index contributed by atoms with van der Waals surface area (Å²) < 4.78 is 48.4. The van der Waals surface area contributed by atoms with E-state index >= 15 is 0 Å². The molecule has 0 fully saturated rings. The summed E-state index contributed by atoms with van der Waals surface area (Å²) in [5.74, 6) is -0.606. The van der Waals surface area contributed by atoms with Crippen molar-refractivity contribution in [2.75, 3.05) is 19.4 Å². The number of nitroso groups, excluding NO2 is 1. The number of hydrogen-bond donors (Lipinski definition) is 0. The molecule has 0 saturated carbocycles. The predicted octanol–water partition coefficient (Wildman–Crippen LogP) is 4.25. The molecule has 1 amide bonds. The van der Waals surface area contributed by atoms with Crippen LogP contribution in [0.5, 0.6) is 0 Å². The molecule has 3 rings (SSSR count). The molecule has 0 unspecified atom stereocenters. The van der Waals surface area contributed by atoms with Crippen LogP contribution in [0.15, 0.2) is 96.3 Å². The van der Waals surface area contributed by atoms with E-state index in [2.05, 4.69) is 5.29 Å². The highest BCUT2D eigenvalue weighted by Gasteiger charge is 2.37. The summed E-state index contributed by atoms with van der Waals surface area (Å²) in [5.41, 5.74) is 2.52. The van der Waals surface area contributed by atoms with E-state index in [1.54, 1.807) is 0 Å². The zero-order valence-electron chi connectivity index (χ0n) is 22.5. The highest BCUT2D eigenvalue weighted by atomic mass is 32.2. The minimum atomic E-state index is -3.98. The summed E-state index contributed by atoms with van der Waals surface area (Å²) in [7, 11) is -3.98. The van der Waals surface area contributed by atoms with E-state index in [1.807, 2.05) is 91.0 Å². The molecular weight excluding hydrogens is 537 g/mol. The first-order valence-electron chi connectivity index (χ1n) is 12.7. The van der Waals surface area contributed by atoms with Crippen LogP contribution in [0.2, 0.25) is 0 Å². The van der Waals surface area contributed by atoms with E-state index in [9.17, 15) is 18.1 Å². The quantitative estimate of drug-likeness (QED) is 0.102. The van der Waals surface area contributed by atoms with Gasteiger partial charge in [0.15, 0.2) is 0 Å². The number of rotatable bonds is 17. The molecule has 40 heavy (non-hydrogen) atoms. The van der Waals surface area contributed by atoms with Crippen molar-refractivity contribution in [2.45, 2.75) is 45.1 Å². The Morgan fingerprint density at radius 1 is 0.775 bits per heavy atom. The fourth-order valence-electron chi connectivity index (χ4n) is 3.91. The predicted molar refractivity (Wildman–Crippen MR) is 149 cm³/mol. The Morgan fingerprint density at radius 2 is 1.25 bits per heavy atom. The molecule has 0 radical (unpaired) electrons. The maximum absolute atomic E-state index is 12.3. The van der Waals surface area contributed by atoms with Crippen LogP contribution < -0.4 is 0 Å². The SMILES string of the molecule is CC(=O)N(C[C@@H](OCc1ccccc1)[C@H](OCc1ccccc1)[C@H](COCc1ccccc1)OS(C)(=O)=O)[15N]=O. The number of carbonyl (C=O) groups is 1. The largest absolute Gasteiger partial charge is 0.374 e. The second-order valence-corrected chi connectivity index (χ2v) is 10.7. The van der Waals surface area contributed by atoms with Gasteiger partial charge in [0.1, 0.15) is 18.3 Å². The van der Waals surface area contributed by atoms with Gasteiger partial charge in [-0.1, -0.05) is 91.0 Å². The van der Waals surface area contributed by atoms with Crippen molar-refractivity contribution in [3.8, 4) is 0 Å². The first kappa shape index (κ1) is 31.1. The molecule has 0 saturated heterocycles. The molecule has 0 heterocycles. The van der Waals surface area contributed by atoms with Crippen molar-refractivity contribution in [1.29, 1.82) is 0 Å². The zero-order valence-corrected chi connectivity index (χ0v) is 23.3. The fraction of sp³-hybridized carbons (Fsp3) is 0.345. The van der Waals surface area contributed by atoms with Gasteiger partial charge < -0.3 is 14.2 Å². The number of carbonyl (C=O) groups excluding carboxylic acids is 1. The monoisotopic (exact) mass is 571 g/mol. The molecule has 0 spiro atoms. The van der Waals surface area contributed by atoms with Crippen LogP contribution in [0.3, 0.4) is 0 Å². The van der Waals surface area contributed by atoms with Gasteiger partial charge in [0, 0.05) is 6.92 Å². The lowest BCUT2D eigenvalue weighted by molar-refractivity contribution is -0.152. The van der Waals surface area contributed by atoms with E-state index in [0.717, 1.165) is 22.9 Å². The third-order valence-electron chi connectivity index (χ3n) is 5.83. The van der Waals surface area contributed by atoms with E-state index in [4.69, 9.17) is 18.4 Å². The van der Waals surface area contributed by atoms with Gasteiger partial charge in [0.2, 0.25) is 5.91 Å². The molecule has 10 nitrogen and oxygen atoms in total. The lowest BCUT2D eigenvalue weighted by atomic mass is 10.1. The topological polar surface area (TPSA) is 121 Å². The van der Waals surface area contributed by atoms with Crippen LogP contribution in [0.4, 0.5) is 0 Å². The van der Waals surface area contributed by atoms with E-state index in [-0.39, 0.29) is 33.0 Å². The molecule has 0 aliphatic heterocycles. The summed E-state index contributed by atoms with van der Waals surface area (Å²) in [6.07, 6.45) is -2.35. The first-order valence-corrected chi connectivity index (χ1v) is 14.5. The van der Waals surface area contributed by atoms with Crippen LogP contribution in [0.1, 0.15) is 23.6 Å². The van der Waals surface area contributed by atoms with Crippen molar-refractivity contribution in [3.63, 3.8) is 0 Å². The molecule has 0 aromatic heterocycles. The molecule has 0 aliphatic carbocycles. The lowest BCUT2D eigenvalue weighted by Crippen LogP contribution is -2.50. The van der Waals surface area contributed by atoms with Gasteiger partial charge in [-0.3, -0.25) is 8.98 Å². The van der Waals surface area contributed by atoms with Gasteiger partial charge in [0.05, 0.1) is 44.5 Å². The molecule has 3 aromatic carbocycles. The number of nitrogens with zero attached hydrogens (tertiary/aromatic N) is 2. The Labute approximate surface area is 234 Å². The Morgan fingerprint density at radius 3 is 1.70 bits per heavy atom. The normalized spacial score (nSPS) is 13.8. The maximum atomic E-state index is 12.3. The molecule has 0 aliphatic rings. The highest BCUT2D eigenvalue weighted by molar-refractivity contribution is 7.86. The minimum absolute atomic E-state index is 0.0770. The molecule has 3 aromatic rings. The fourth-order valence-corrected chi connectivity index (χ4v) is 4.52. The summed E-state index contributed by atoms with van der Waals surface area (Å²) in [6, 6.07) is 27.9. The summed E-state index contributed by atoms with van der Waals surface area (Å²) in [5, 5.41) is 3.53. The van der Waals surface area contributed by atoms with E-state index < -0.39 is 34.3 Å². The number of hydrogen-bond acceptors (Lipinski definition) is 9. The molecular formula is C29H34N2O8S. The van der Waals surface area contributed by atoms with Crippen LogP contribution in [0, 0.1) is 4.91 Å². The van der Waals surface area contributed by atoms with Crippen molar-refractivity contribution >= 4 is 16.0 Å². The maximum Gasteiger partial charge on any atom is 0.264 e. The molecule has 0 bridgehead atoms. The van der Waals surface area contributed by atoms with Crippen LogP contribution >= 0.6 is 0 Å². The van der Waals surface area contributed by atoms with Crippen LogP contribution in [0.25, 0.3) is 0 Å². The Balaban J connectivity index is 1.92. The zero-order chi connectivity index (χ0) is 28.8. The third-order valence-corrected chi connectivity index (χ3v) is 6.43. The molecule has 11 heteroatoms. The Hall–Kier alpha value is -3.48. The van der Waals surface area contributed by atoms with Crippen LogP contribution in [-0.2, 0) is 53.1 Å². The van der Waals surface area contributed by atoms with Gasteiger partial charge in [-0.15, -0.1) is 4.91 Å². The Kier molecular flexibility index (Phi) is 12.4. The van der Waals surface area contributed by atoms with Crippen molar-refractivity contribution in [3.05, 3.63) is 113 Å². The third kappa shape index (κ3) is 10.9. The van der Waals surface area contributed by atoms with E-state index in [0.29, 0.717) is 5.01 Å². The van der Waals surface area contributed by atoms with Gasteiger partial charge in [0.25, 0.3) is 10.1 Å². The average molecular weight is 572 g/mol. The second-order valence-electron chi connectivity index (χ2n) is 9.12. The van der Waals surface area contributed by atoms with Crippen LogP contribution in [-0.4, -0.2) is 57.1 Å². The molecule has 214 valence electrons. The number of amides is 1. The van der Waals surface area contributed by atoms with Crippen molar-refractivity contribution in [1.82, 2.24) is 5.01 Å².